The summed E-state index contributed by atoms with van der Waals surface area (Å²) in [6.07, 6.45) is 2.10. The van der Waals surface area contributed by atoms with Crippen LogP contribution in [-0.4, -0.2) is 22.2 Å². The number of aliphatic imine (C=N–C) groups is 1. The fourth-order valence-electron chi connectivity index (χ4n) is 3.51. The predicted octanol–water partition coefficient (Wildman–Crippen LogP) is 3.90. The maximum atomic E-state index is 12.6. The number of benzene rings is 4. The van der Waals surface area contributed by atoms with Gasteiger partial charge in [-0.05, 0) is 58.9 Å². The van der Waals surface area contributed by atoms with Crippen molar-refractivity contribution >= 4 is 51.3 Å². The minimum absolute atomic E-state index is 0. The molecule has 0 radical (unpaired) electrons. The van der Waals surface area contributed by atoms with Crippen molar-refractivity contribution in [1.29, 1.82) is 0 Å². The minimum Gasteiger partial charge on any atom is -0.488 e. The van der Waals surface area contributed by atoms with E-state index in [0.29, 0.717) is 16.7 Å². The number of amides is 1. The van der Waals surface area contributed by atoms with Crippen molar-refractivity contribution in [3.63, 3.8) is 0 Å². The number of carboxylic acids is 1. The van der Waals surface area contributed by atoms with E-state index in [1.54, 1.807) is 19.1 Å². The van der Waals surface area contributed by atoms with E-state index in [9.17, 15) is 9.59 Å². The van der Waals surface area contributed by atoms with Crippen LogP contribution in [-0.2, 0) is 16.2 Å². The average molecular weight is 547 g/mol. The van der Waals surface area contributed by atoms with Gasteiger partial charge in [0, 0.05) is 12.0 Å². The van der Waals surface area contributed by atoms with Crippen molar-refractivity contribution in [1.82, 2.24) is 5.32 Å². The Morgan fingerprint density at radius 2 is 1.69 bits per heavy atom. The standard InChI is InChI=1S/C28H21N2O2S.C3H6O2.Na/c1-19-11-13-20(14-12-19)18-32-25-16-22-8-6-5-7-21(22)15-23(25)17-26-27(31)30-28(33-26)29-24-9-3-2-4-10-24;1-2-3(4)5;/h3-17H,18H2,1H3,(H,29,30,31);2H2,1H3,(H,4,5);/q-1;;+1. The van der Waals surface area contributed by atoms with Gasteiger partial charge in [-0.1, -0.05) is 61.0 Å². The second kappa shape index (κ2) is 14.7. The van der Waals surface area contributed by atoms with Gasteiger partial charge in [0.25, 0.3) is 5.91 Å². The van der Waals surface area contributed by atoms with Crippen molar-refractivity contribution in [2.24, 2.45) is 4.99 Å². The molecule has 1 saturated heterocycles. The number of nitrogens with one attached hydrogen (secondary N) is 1. The van der Waals surface area contributed by atoms with E-state index in [1.807, 2.05) is 36.4 Å². The molecule has 0 atom stereocenters. The van der Waals surface area contributed by atoms with Crippen LogP contribution in [0.1, 0.15) is 30.0 Å². The number of carbonyl (C=O) groups is 2. The zero-order valence-corrected chi connectivity index (χ0v) is 24.9. The molecule has 0 bridgehead atoms. The maximum Gasteiger partial charge on any atom is 1.00 e. The van der Waals surface area contributed by atoms with Crippen molar-refractivity contribution in [2.45, 2.75) is 26.9 Å². The predicted molar refractivity (Wildman–Crippen MR) is 153 cm³/mol. The maximum absolute atomic E-state index is 12.6. The van der Waals surface area contributed by atoms with Gasteiger partial charge in [-0.15, -0.1) is 12.1 Å². The Hall–Kier alpha value is -3.36. The van der Waals surface area contributed by atoms with E-state index in [-0.39, 0.29) is 41.9 Å². The van der Waals surface area contributed by atoms with Gasteiger partial charge in [-0.25, -0.2) is 0 Å². The summed E-state index contributed by atoms with van der Waals surface area (Å²) in [5, 5.41) is 13.3. The summed E-state index contributed by atoms with van der Waals surface area (Å²) < 4.78 is 6.22. The van der Waals surface area contributed by atoms with Gasteiger partial charge < -0.3 is 15.2 Å². The second-order valence-corrected chi connectivity index (χ2v) is 9.53. The van der Waals surface area contributed by atoms with Crippen molar-refractivity contribution < 1.29 is 49.0 Å². The topological polar surface area (TPSA) is 88.0 Å². The molecule has 8 heteroatoms. The van der Waals surface area contributed by atoms with Crippen LogP contribution in [0, 0.1) is 13.0 Å². The molecule has 4 aromatic rings. The molecule has 5 rings (SSSR count). The first-order valence-corrected chi connectivity index (χ1v) is 12.9. The molecule has 1 fully saturated rings. The molecule has 2 N–H and O–H groups in total. The Morgan fingerprint density at radius 3 is 2.33 bits per heavy atom. The van der Waals surface area contributed by atoms with Gasteiger partial charge in [0.1, 0.15) is 12.4 Å². The van der Waals surface area contributed by atoms with Crippen LogP contribution >= 0.6 is 11.8 Å². The van der Waals surface area contributed by atoms with E-state index in [1.165, 1.54) is 17.3 Å². The molecule has 4 aromatic carbocycles. The molecule has 0 unspecified atom stereocenters. The number of carbonyl (C=O) groups excluding carboxylic acids is 1. The molecule has 0 spiro atoms. The first-order valence-electron chi connectivity index (χ1n) is 12.1. The van der Waals surface area contributed by atoms with Crippen LogP contribution in [0.4, 0.5) is 5.69 Å². The smallest absolute Gasteiger partial charge is 0.488 e. The Kier molecular flexibility index (Phi) is 11.4. The SMILES string of the molecule is CCC(=O)O.Cc1ccc(COc2cc3ccccc3cc2C=C2SC(=Nc3cc[c-]cc3)NC2=O)cc1.[Na+]. The summed E-state index contributed by atoms with van der Waals surface area (Å²) in [6, 6.07) is 30.8. The number of thioether (sulfide) groups is 1. The summed E-state index contributed by atoms with van der Waals surface area (Å²) in [5.41, 5.74) is 3.93. The molecule has 0 aromatic heterocycles. The van der Waals surface area contributed by atoms with Crippen molar-refractivity contribution in [3.05, 3.63) is 113 Å². The van der Waals surface area contributed by atoms with E-state index in [2.05, 4.69) is 65.8 Å². The molecular formula is C31H27N2NaO4S. The van der Waals surface area contributed by atoms with Crippen molar-refractivity contribution in [2.75, 3.05) is 0 Å². The summed E-state index contributed by atoms with van der Waals surface area (Å²) in [6.45, 7) is 4.12. The van der Waals surface area contributed by atoms with E-state index in [0.717, 1.165) is 33.3 Å². The number of carboxylic acid groups (broad SMARTS) is 1. The molecular weight excluding hydrogens is 519 g/mol. The third kappa shape index (κ3) is 8.83. The van der Waals surface area contributed by atoms with Gasteiger partial charge in [0.2, 0.25) is 0 Å². The quantitative estimate of drug-likeness (QED) is 0.218. The summed E-state index contributed by atoms with van der Waals surface area (Å²) in [5.74, 6) is -0.178. The fourth-order valence-corrected chi connectivity index (χ4v) is 4.34. The van der Waals surface area contributed by atoms with Gasteiger partial charge in [-0.2, -0.15) is 18.2 Å². The van der Waals surface area contributed by atoms with E-state index < -0.39 is 5.97 Å². The van der Waals surface area contributed by atoms with Crippen LogP contribution in [0.2, 0.25) is 0 Å². The zero-order chi connectivity index (χ0) is 26.9. The van der Waals surface area contributed by atoms with Crippen LogP contribution in [0.15, 0.2) is 94.8 Å². The number of fused-ring (bicyclic) bond motifs is 1. The summed E-state index contributed by atoms with van der Waals surface area (Å²) in [7, 11) is 0. The molecule has 1 heterocycles. The molecule has 1 amide bonds. The molecule has 0 aliphatic carbocycles. The number of nitrogens with zero attached hydrogens (tertiary/aromatic N) is 1. The summed E-state index contributed by atoms with van der Waals surface area (Å²) in [4.78, 5) is 27.1. The Morgan fingerprint density at radius 1 is 1.05 bits per heavy atom. The second-order valence-electron chi connectivity index (χ2n) is 8.50. The molecule has 39 heavy (non-hydrogen) atoms. The number of hydrogen-bond acceptors (Lipinski definition) is 5. The van der Waals surface area contributed by atoms with Crippen LogP contribution in [0.5, 0.6) is 5.75 Å². The Labute approximate surface area is 254 Å². The molecule has 1 aliphatic heterocycles. The molecule has 0 saturated carbocycles. The normalized spacial score (nSPS) is 14.4. The minimum atomic E-state index is -0.745. The van der Waals surface area contributed by atoms with E-state index in [4.69, 9.17) is 9.84 Å². The van der Waals surface area contributed by atoms with Crippen LogP contribution < -0.4 is 39.6 Å². The first-order chi connectivity index (χ1) is 18.4. The third-order valence-electron chi connectivity index (χ3n) is 5.56. The zero-order valence-electron chi connectivity index (χ0n) is 22.1. The number of aryl methyl sites for hydroxylation is 1. The van der Waals surface area contributed by atoms with Gasteiger partial charge >= 0.3 is 35.5 Å². The van der Waals surface area contributed by atoms with Crippen LogP contribution in [0.3, 0.4) is 0 Å². The fraction of sp³-hybridized carbons (Fsp3) is 0.129. The van der Waals surface area contributed by atoms with Gasteiger partial charge in [0.05, 0.1) is 4.91 Å². The molecule has 1 aliphatic rings. The summed E-state index contributed by atoms with van der Waals surface area (Å²) >= 11 is 1.32. The Balaban J connectivity index is 0.000000644. The number of rotatable bonds is 6. The molecule has 192 valence electrons. The van der Waals surface area contributed by atoms with Crippen molar-refractivity contribution in [3.8, 4) is 5.75 Å². The van der Waals surface area contributed by atoms with Gasteiger partial charge in [0.15, 0.2) is 5.17 Å². The first kappa shape index (κ1) is 30.2. The van der Waals surface area contributed by atoms with Gasteiger partial charge in [-0.3, -0.25) is 14.6 Å². The average Bonchev–Trinajstić information content (AvgIpc) is 3.27. The number of ether oxygens (including phenoxy) is 1. The largest absolute Gasteiger partial charge is 1.00 e. The van der Waals surface area contributed by atoms with E-state index >= 15 is 0 Å². The Bertz CT molecular complexity index is 1500. The number of hydrogen-bond donors (Lipinski definition) is 2. The number of aliphatic carboxylic acids is 1. The molecule has 6 nitrogen and oxygen atoms in total. The number of amidine groups is 1. The third-order valence-corrected chi connectivity index (χ3v) is 6.47. The monoisotopic (exact) mass is 546 g/mol. The van der Waals surface area contributed by atoms with Crippen LogP contribution in [0.25, 0.3) is 16.8 Å².